The van der Waals surface area contributed by atoms with E-state index >= 15 is 0 Å². The largest absolute Gasteiger partial charge is 0.465 e. The first kappa shape index (κ1) is 22.1. The molecule has 0 saturated carbocycles. The Bertz CT molecular complexity index is 883. The van der Waals surface area contributed by atoms with Crippen molar-refractivity contribution in [2.75, 3.05) is 12.4 Å². The van der Waals surface area contributed by atoms with Crippen molar-refractivity contribution in [3.8, 4) is 0 Å². The SMILES string of the molecule is COC(=O)c1cccc(NC(=O)C(C(=O)C(C)(C)C)N2C(=O)OC(C)(C)C2=O)c1. The third kappa shape index (κ3) is 4.44. The van der Waals surface area contributed by atoms with Crippen molar-refractivity contribution in [2.45, 2.75) is 46.3 Å². The number of carbonyl (C=O) groups is 5. The smallest absolute Gasteiger partial charge is 0.418 e. The summed E-state index contributed by atoms with van der Waals surface area (Å²) in [5, 5.41) is 2.49. The van der Waals surface area contributed by atoms with Gasteiger partial charge in [0.1, 0.15) is 0 Å². The zero-order valence-electron chi connectivity index (χ0n) is 17.2. The minimum atomic E-state index is -1.72. The molecule has 0 bridgehead atoms. The van der Waals surface area contributed by atoms with Gasteiger partial charge in [-0.3, -0.25) is 14.4 Å². The predicted octanol–water partition coefficient (Wildman–Crippen LogP) is 2.15. The van der Waals surface area contributed by atoms with Gasteiger partial charge in [0.25, 0.3) is 11.8 Å². The molecule has 3 amide bonds. The Balaban J connectivity index is 2.41. The summed E-state index contributed by atoms with van der Waals surface area (Å²) in [4.78, 5) is 63.1. The number of ether oxygens (including phenoxy) is 2. The van der Waals surface area contributed by atoms with Gasteiger partial charge in [-0.1, -0.05) is 26.8 Å². The van der Waals surface area contributed by atoms with Crippen LogP contribution in [0.4, 0.5) is 10.5 Å². The average molecular weight is 404 g/mol. The van der Waals surface area contributed by atoms with Gasteiger partial charge in [-0.2, -0.15) is 0 Å². The predicted molar refractivity (Wildman–Crippen MR) is 102 cm³/mol. The number of methoxy groups -OCH3 is 1. The Kier molecular flexibility index (Phi) is 5.82. The molecule has 1 aromatic carbocycles. The van der Waals surface area contributed by atoms with Crippen LogP contribution in [0.25, 0.3) is 0 Å². The number of Topliss-reactive ketones (excluding diaryl/α,β-unsaturated/α-hetero) is 1. The van der Waals surface area contributed by atoms with Crippen molar-refractivity contribution in [1.29, 1.82) is 0 Å². The number of rotatable bonds is 5. The molecule has 1 aliphatic rings. The maximum absolute atomic E-state index is 13.0. The van der Waals surface area contributed by atoms with Crippen LogP contribution in [0.2, 0.25) is 0 Å². The van der Waals surface area contributed by atoms with E-state index in [0.717, 1.165) is 0 Å². The van der Waals surface area contributed by atoms with E-state index in [4.69, 9.17) is 4.74 Å². The molecule has 1 heterocycles. The zero-order valence-corrected chi connectivity index (χ0v) is 17.2. The van der Waals surface area contributed by atoms with Crippen molar-refractivity contribution in [2.24, 2.45) is 5.41 Å². The molecule has 0 spiro atoms. The fraction of sp³-hybridized carbons (Fsp3) is 0.450. The van der Waals surface area contributed by atoms with Gasteiger partial charge >= 0.3 is 12.1 Å². The van der Waals surface area contributed by atoms with E-state index in [1.165, 1.54) is 45.2 Å². The summed E-state index contributed by atoms with van der Waals surface area (Å²) in [6, 6.07) is 4.14. The third-order valence-corrected chi connectivity index (χ3v) is 4.32. The topological polar surface area (TPSA) is 119 Å². The van der Waals surface area contributed by atoms with Gasteiger partial charge in [0, 0.05) is 11.1 Å². The average Bonchev–Trinajstić information content (AvgIpc) is 2.82. The Hall–Kier alpha value is -3.23. The van der Waals surface area contributed by atoms with E-state index in [-0.39, 0.29) is 11.3 Å². The summed E-state index contributed by atoms with van der Waals surface area (Å²) in [5.74, 6) is -2.93. The second kappa shape index (κ2) is 7.65. The molecule has 0 aliphatic carbocycles. The quantitative estimate of drug-likeness (QED) is 0.590. The van der Waals surface area contributed by atoms with E-state index in [1.54, 1.807) is 20.8 Å². The van der Waals surface area contributed by atoms with Crippen LogP contribution in [0.3, 0.4) is 0 Å². The van der Waals surface area contributed by atoms with Crippen LogP contribution in [0.1, 0.15) is 45.0 Å². The number of nitrogens with zero attached hydrogens (tertiary/aromatic N) is 1. The second-order valence-corrected chi connectivity index (χ2v) is 8.13. The molecule has 1 unspecified atom stereocenters. The fourth-order valence-electron chi connectivity index (χ4n) is 2.72. The Morgan fingerprint density at radius 3 is 2.28 bits per heavy atom. The first-order valence-electron chi connectivity index (χ1n) is 8.90. The van der Waals surface area contributed by atoms with Gasteiger partial charge in [-0.15, -0.1) is 0 Å². The lowest BCUT2D eigenvalue weighted by molar-refractivity contribution is -0.145. The van der Waals surface area contributed by atoms with Crippen LogP contribution < -0.4 is 5.32 Å². The molecule has 0 radical (unpaired) electrons. The lowest BCUT2D eigenvalue weighted by atomic mass is 9.85. The molecule has 9 nitrogen and oxygen atoms in total. The van der Waals surface area contributed by atoms with Gasteiger partial charge in [0.05, 0.1) is 12.7 Å². The molecule has 1 atom stereocenters. The highest BCUT2D eigenvalue weighted by Gasteiger charge is 2.55. The third-order valence-electron chi connectivity index (χ3n) is 4.32. The first-order chi connectivity index (χ1) is 13.3. The van der Waals surface area contributed by atoms with Crippen LogP contribution in [0.15, 0.2) is 24.3 Å². The normalized spacial score (nSPS) is 16.8. The lowest BCUT2D eigenvalue weighted by Crippen LogP contribution is -2.55. The lowest BCUT2D eigenvalue weighted by Gasteiger charge is -2.28. The molecule has 1 fully saturated rings. The number of hydrogen-bond donors (Lipinski definition) is 1. The van der Waals surface area contributed by atoms with E-state index in [1.807, 2.05) is 0 Å². The number of ketones is 1. The number of hydrogen-bond acceptors (Lipinski definition) is 7. The highest BCUT2D eigenvalue weighted by Crippen LogP contribution is 2.29. The van der Waals surface area contributed by atoms with E-state index in [0.29, 0.717) is 4.90 Å². The van der Waals surface area contributed by atoms with Crippen molar-refractivity contribution < 1.29 is 33.4 Å². The summed E-state index contributed by atoms with van der Waals surface area (Å²) in [5.41, 5.74) is -2.13. The summed E-state index contributed by atoms with van der Waals surface area (Å²) < 4.78 is 9.67. The first-order valence-corrected chi connectivity index (χ1v) is 8.90. The number of cyclic esters (lactones) is 1. The van der Waals surface area contributed by atoms with Crippen molar-refractivity contribution in [3.63, 3.8) is 0 Å². The minimum absolute atomic E-state index is 0.182. The molecular weight excluding hydrogens is 380 g/mol. The van der Waals surface area contributed by atoms with Crippen LogP contribution >= 0.6 is 0 Å². The summed E-state index contributed by atoms with van der Waals surface area (Å²) in [7, 11) is 1.22. The number of esters is 1. The summed E-state index contributed by atoms with van der Waals surface area (Å²) in [6.07, 6.45) is -1.07. The highest BCUT2D eigenvalue weighted by molar-refractivity contribution is 6.18. The molecule has 1 saturated heterocycles. The van der Waals surface area contributed by atoms with Crippen LogP contribution in [-0.4, -0.2) is 53.3 Å². The molecular formula is C20H24N2O7. The number of carbonyl (C=O) groups excluding carboxylic acids is 5. The van der Waals surface area contributed by atoms with Gasteiger partial charge in [0.2, 0.25) is 0 Å². The number of benzene rings is 1. The maximum atomic E-state index is 13.0. The van der Waals surface area contributed by atoms with Crippen molar-refractivity contribution in [1.82, 2.24) is 4.90 Å². The molecule has 1 aliphatic heterocycles. The summed E-state index contributed by atoms with van der Waals surface area (Å²) >= 11 is 0. The van der Waals surface area contributed by atoms with Gasteiger partial charge in [-0.05, 0) is 32.0 Å². The Labute approximate surface area is 168 Å². The molecule has 9 heteroatoms. The molecule has 29 heavy (non-hydrogen) atoms. The van der Waals surface area contributed by atoms with Gasteiger partial charge in [-0.25, -0.2) is 14.5 Å². The number of nitrogens with one attached hydrogen (secondary N) is 1. The van der Waals surface area contributed by atoms with E-state index < -0.39 is 46.7 Å². The molecule has 156 valence electrons. The van der Waals surface area contributed by atoms with E-state index in [9.17, 15) is 24.0 Å². The Morgan fingerprint density at radius 2 is 1.79 bits per heavy atom. The summed E-state index contributed by atoms with van der Waals surface area (Å²) in [6.45, 7) is 7.48. The maximum Gasteiger partial charge on any atom is 0.418 e. The van der Waals surface area contributed by atoms with E-state index in [2.05, 4.69) is 10.1 Å². The molecule has 1 N–H and O–H groups in total. The number of imide groups is 1. The van der Waals surface area contributed by atoms with Crippen molar-refractivity contribution >= 4 is 35.3 Å². The van der Waals surface area contributed by atoms with Crippen LogP contribution in [-0.2, 0) is 23.9 Å². The van der Waals surface area contributed by atoms with Gasteiger partial charge < -0.3 is 14.8 Å². The zero-order chi connectivity index (χ0) is 22.1. The van der Waals surface area contributed by atoms with Crippen LogP contribution in [0.5, 0.6) is 0 Å². The van der Waals surface area contributed by atoms with Crippen molar-refractivity contribution in [3.05, 3.63) is 29.8 Å². The number of anilines is 1. The molecule has 1 aromatic rings. The number of amides is 3. The van der Waals surface area contributed by atoms with Gasteiger partial charge in [0.15, 0.2) is 17.4 Å². The fourth-order valence-corrected chi connectivity index (χ4v) is 2.72. The monoisotopic (exact) mass is 404 g/mol. The second-order valence-electron chi connectivity index (χ2n) is 8.13. The minimum Gasteiger partial charge on any atom is -0.465 e. The highest BCUT2D eigenvalue weighted by atomic mass is 16.6. The van der Waals surface area contributed by atoms with Crippen LogP contribution in [0, 0.1) is 5.41 Å². The standard InChI is InChI=1S/C20H24N2O7/c1-19(2,3)14(23)13(22-17(26)20(4,5)29-18(22)27)15(24)21-12-9-7-8-11(10-12)16(25)28-6/h7-10,13H,1-6H3,(H,21,24). The Morgan fingerprint density at radius 1 is 1.17 bits per heavy atom. The molecule has 0 aromatic heterocycles. The molecule has 2 rings (SSSR count).